The van der Waals surface area contributed by atoms with Crippen molar-refractivity contribution in [3.05, 3.63) is 63.9 Å². The summed E-state index contributed by atoms with van der Waals surface area (Å²) in [6.07, 6.45) is 3.42. The molecule has 19 heavy (non-hydrogen) atoms. The highest BCUT2D eigenvalue weighted by atomic mass is 32.1. The molecule has 0 aliphatic heterocycles. The Balaban J connectivity index is 1.93. The quantitative estimate of drug-likeness (QED) is 0.838. The average Bonchev–Trinajstić information content (AvgIpc) is 2.90. The standard InChI is InChI=1S/C16H17NOS/c1-12-5-7-14(8-6-12)13(2)17-16(18)10-9-15-4-3-11-19-15/h3-11,13H,1-2H3,(H,17,18)/b10-9+. The number of hydrogen-bond donors (Lipinski definition) is 1. The van der Waals surface area contributed by atoms with Gasteiger partial charge >= 0.3 is 0 Å². The van der Waals surface area contributed by atoms with Gasteiger partial charge in [0.25, 0.3) is 0 Å². The summed E-state index contributed by atoms with van der Waals surface area (Å²) in [7, 11) is 0. The van der Waals surface area contributed by atoms with E-state index in [0.717, 1.165) is 10.4 Å². The van der Waals surface area contributed by atoms with Gasteiger partial charge in [-0.3, -0.25) is 4.79 Å². The number of carbonyl (C=O) groups is 1. The van der Waals surface area contributed by atoms with Crippen LogP contribution in [0.15, 0.2) is 47.9 Å². The molecule has 0 radical (unpaired) electrons. The summed E-state index contributed by atoms with van der Waals surface area (Å²) in [5.41, 5.74) is 2.34. The van der Waals surface area contributed by atoms with E-state index in [-0.39, 0.29) is 11.9 Å². The summed E-state index contributed by atoms with van der Waals surface area (Å²) in [5.74, 6) is -0.0681. The summed E-state index contributed by atoms with van der Waals surface area (Å²) in [6, 6.07) is 12.2. The molecule has 0 aliphatic rings. The Morgan fingerprint density at radius 3 is 2.63 bits per heavy atom. The van der Waals surface area contributed by atoms with Gasteiger partial charge in [-0.15, -0.1) is 11.3 Å². The summed E-state index contributed by atoms with van der Waals surface area (Å²) >= 11 is 1.61. The minimum absolute atomic E-state index is 0.0149. The smallest absolute Gasteiger partial charge is 0.244 e. The van der Waals surface area contributed by atoms with Crippen LogP contribution in [0.2, 0.25) is 0 Å². The van der Waals surface area contributed by atoms with E-state index in [9.17, 15) is 4.79 Å². The molecule has 1 N–H and O–H groups in total. The molecule has 2 rings (SSSR count). The lowest BCUT2D eigenvalue weighted by Crippen LogP contribution is -2.24. The summed E-state index contributed by atoms with van der Waals surface area (Å²) < 4.78 is 0. The molecule has 98 valence electrons. The first-order chi connectivity index (χ1) is 9.15. The molecule has 0 aliphatic carbocycles. The zero-order valence-corrected chi connectivity index (χ0v) is 11.9. The molecule has 0 saturated carbocycles. The number of nitrogens with one attached hydrogen (secondary N) is 1. The van der Waals surface area contributed by atoms with E-state index in [1.54, 1.807) is 17.4 Å². The number of hydrogen-bond acceptors (Lipinski definition) is 2. The molecule has 0 saturated heterocycles. The van der Waals surface area contributed by atoms with Crippen molar-refractivity contribution in [2.45, 2.75) is 19.9 Å². The van der Waals surface area contributed by atoms with Gasteiger partial charge in [-0.1, -0.05) is 35.9 Å². The molecular weight excluding hydrogens is 254 g/mol. The van der Waals surface area contributed by atoms with E-state index in [0.29, 0.717) is 0 Å². The molecule has 2 nitrogen and oxygen atoms in total. The predicted octanol–water partition coefficient (Wildman–Crippen LogP) is 3.95. The zero-order chi connectivity index (χ0) is 13.7. The van der Waals surface area contributed by atoms with Crippen molar-refractivity contribution < 1.29 is 4.79 Å². The fourth-order valence-corrected chi connectivity index (χ4v) is 2.36. The Kier molecular flexibility index (Phi) is 4.53. The van der Waals surface area contributed by atoms with Gasteiger partial charge in [0.1, 0.15) is 0 Å². The fourth-order valence-electron chi connectivity index (χ4n) is 1.74. The summed E-state index contributed by atoms with van der Waals surface area (Å²) in [5, 5.41) is 4.95. The van der Waals surface area contributed by atoms with Crippen LogP contribution >= 0.6 is 11.3 Å². The molecule has 1 heterocycles. The first-order valence-corrected chi connectivity index (χ1v) is 7.12. The maximum atomic E-state index is 11.8. The van der Waals surface area contributed by atoms with E-state index in [2.05, 4.69) is 24.4 Å². The van der Waals surface area contributed by atoms with Crippen LogP contribution in [0.3, 0.4) is 0 Å². The van der Waals surface area contributed by atoms with E-state index < -0.39 is 0 Å². The molecule has 0 fully saturated rings. The molecule has 3 heteroatoms. The van der Waals surface area contributed by atoms with Crippen molar-refractivity contribution in [1.82, 2.24) is 5.32 Å². The van der Waals surface area contributed by atoms with Crippen molar-refractivity contribution in [2.75, 3.05) is 0 Å². The Morgan fingerprint density at radius 1 is 1.26 bits per heavy atom. The molecule has 1 atom stereocenters. The number of aryl methyl sites for hydroxylation is 1. The predicted molar refractivity (Wildman–Crippen MR) is 81.1 cm³/mol. The third-order valence-electron chi connectivity index (χ3n) is 2.88. The minimum Gasteiger partial charge on any atom is -0.346 e. The maximum absolute atomic E-state index is 11.8. The Morgan fingerprint density at radius 2 is 2.00 bits per heavy atom. The van der Waals surface area contributed by atoms with E-state index in [4.69, 9.17) is 0 Å². The highest BCUT2D eigenvalue weighted by molar-refractivity contribution is 7.10. The van der Waals surface area contributed by atoms with Gasteiger partial charge in [0.2, 0.25) is 5.91 Å². The Bertz CT molecular complexity index is 555. The Labute approximate surface area is 117 Å². The summed E-state index contributed by atoms with van der Waals surface area (Å²) in [6.45, 7) is 4.04. The topological polar surface area (TPSA) is 29.1 Å². The monoisotopic (exact) mass is 271 g/mol. The molecule has 0 spiro atoms. The molecule has 1 unspecified atom stereocenters. The largest absolute Gasteiger partial charge is 0.346 e. The van der Waals surface area contributed by atoms with Crippen molar-refractivity contribution in [3.63, 3.8) is 0 Å². The molecule has 0 bridgehead atoms. The van der Waals surface area contributed by atoms with Crippen molar-refractivity contribution in [1.29, 1.82) is 0 Å². The van der Waals surface area contributed by atoms with E-state index in [1.807, 2.05) is 42.6 Å². The van der Waals surface area contributed by atoms with Crippen LogP contribution < -0.4 is 5.32 Å². The van der Waals surface area contributed by atoms with E-state index in [1.165, 1.54) is 5.56 Å². The number of benzene rings is 1. The lowest BCUT2D eigenvalue weighted by molar-refractivity contribution is -0.117. The van der Waals surface area contributed by atoms with Gasteiger partial charge in [-0.05, 0) is 36.9 Å². The van der Waals surface area contributed by atoms with Crippen molar-refractivity contribution in [2.24, 2.45) is 0 Å². The first kappa shape index (κ1) is 13.6. The number of rotatable bonds is 4. The van der Waals surface area contributed by atoms with Crippen molar-refractivity contribution >= 4 is 23.3 Å². The van der Waals surface area contributed by atoms with Crippen LogP contribution in [0, 0.1) is 6.92 Å². The second-order valence-corrected chi connectivity index (χ2v) is 5.47. The van der Waals surface area contributed by atoms with Crippen LogP contribution in [0.1, 0.15) is 29.0 Å². The van der Waals surface area contributed by atoms with Crippen LogP contribution in [-0.2, 0) is 4.79 Å². The van der Waals surface area contributed by atoms with Gasteiger partial charge in [0.15, 0.2) is 0 Å². The fraction of sp³-hybridized carbons (Fsp3) is 0.188. The van der Waals surface area contributed by atoms with Gasteiger partial charge in [0.05, 0.1) is 6.04 Å². The van der Waals surface area contributed by atoms with E-state index >= 15 is 0 Å². The third kappa shape index (κ3) is 4.07. The maximum Gasteiger partial charge on any atom is 0.244 e. The van der Waals surface area contributed by atoms with Gasteiger partial charge in [-0.25, -0.2) is 0 Å². The highest BCUT2D eigenvalue weighted by Crippen LogP contribution is 2.13. The SMILES string of the molecule is Cc1ccc(C(C)NC(=O)/C=C/c2cccs2)cc1. The van der Waals surface area contributed by atoms with Crippen LogP contribution in [0.5, 0.6) is 0 Å². The van der Waals surface area contributed by atoms with Crippen LogP contribution in [0.25, 0.3) is 6.08 Å². The van der Waals surface area contributed by atoms with Crippen LogP contribution in [0.4, 0.5) is 0 Å². The summed E-state index contributed by atoms with van der Waals surface area (Å²) in [4.78, 5) is 12.9. The molecule has 1 aromatic carbocycles. The molecule has 2 aromatic rings. The lowest BCUT2D eigenvalue weighted by Gasteiger charge is -2.13. The van der Waals surface area contributed by atoms with Gasteiger partial charge in [0, 0.05) is 11.0 Å². The van der Waals surface area contributed by atoms with Crippen LogP contribution in [-0.4, -0.2) is 5.91 Å². The number of thiophene rings is 1. The minimum atomic E-state index is -0.0681. The molecule has 1 aromatic heterocycles. The van der Waals surface area contributed by atoms with Gasteiger partial charge in [-0.2, -0.15) is 0 Å². The normalized spacial score (nSPS) is 12.5. The third-order valence-corrected chi connectivity index (χ3v) is 3.72. The average molecular weight is 271 g/mol. The second kappa shape index (κ2) is 6.34. The first-order valence-electron chi connectivity index (χ1n) is 6.24. The molecule has 1 amide bonds. The number of amides is 1. The highest BCUT2D eigenvalue weighted by Gasteiger charge is 2.06. The van der Waals surface area contributed by atoms with Crippen molar-refractivity contribution in [3.8, 4) is 0 Å². The van der Waals surface area contributed by atoms with Gasteiger partial charge < -0.3 is 5.32 Å². The number of carbonyl (C=O) groups excluding carboxylic acids is 1. The zero-order valence-electron chi connectivity index (χ0n) is 11.1. The molecular formula is C16H17NOS. The Hall–Kier alpha value is -1.87. The lowest BCUT2D eigenvalue weighted by atomic mass is 10.1. The second-order valence-electron chi connectivity index (χ2n) is 4.49.